The van der Waals surface area contributed by atoms with Gasteiger partial charge in [0.1, 0.15) is 11.5 Å². The summed E-state index contributed by atoms with van der Waals surface area (Å²) in [6, 6.07) is 20.2. The number of benzene rings is 3. The molecule has 5 nitrogen and oxygen atoms in total. The molecule has 0 bridgehead atoms. The normalized spacial score (nSPS) is 10.8. The predicted molar refractivity (Wildman–Crippen MR) is 93.3 cm³/mol. The molecule has 0 aliphatic heterocycles. The first-order valence-electron chi connectivity index (χ1n) is 7.44. The zero-order valence-electron chi connectivity index (χ0n) is 12.8. The molecule has 0 aliphatic carbocycles. The van der Waals surface area contributed by atoms with Crippen molar-refractivity contribution in [3.05, 3.63) is 72.3 Å². The van der Waals surface area contributed by atoms with Gasteiger partial charge in [-0.3, -0.25) is 4.79 Å². The van der Waals surface area contributed by atoms with Gasteiger partial charge in [0.25, 0.3) is 5.91 Å². The molecule has 0 aliphatic rings. The molecule has 1 amide bonds. The Morgan fingerprint density at radius 2 is 1.79 bits per heavy atom. The molecule has 0 unspecified atom stereocenters. The van der Waals surface area contributed by atoms with Gasteiger partial charge in [0.2, 0.25) is 0 Å². The largest absolute Gasteiger partial charge is 0.507 e. The molecule has 0 aromatic heterocycles. The lowest BCUT2D eigenvalue weighted by Gasteiger charge is -2.08. The third-order valence-corrected chi connectivity index (χ3v) is 3.44. The monoisotopic (exact) mass is 320 g/mol. The molecular formula is C19H16N2O3. The summed E-state index contributed by atoms with van der Waals surface area (Å²) in [7, 11) is 0. The SMILES string of the molecule is O=C(COc1cccc2ccccc12)N/N=C/c1ccccc1O. The number of ether oxygens (including phenoxy) is 1. The van der Waals surface area contributed by atoms with Crippen LogP contribution in [0.4, 0.5) is 0 Å². The molecule has 5 heteroatoms. The molecule has 3 aromatic rings. The van der Waals surface area contributed by atoms with Crippen molar-refractivity contribution in [1.82, 2.24) is 5.43 Å². The summed E-state index contributed by atoms with van der Waals surface area (Å²) in [5.74, 6) is 0.366. The highest BCUT2D eigenvalue weighted by Gasteiger charge is 2.05. The van der Waals surface area contributed by atoms with Crippen LogP contribution in [0.15, 0.2) is 71.8 Å². The van der Waals surface area contributed by atoms with Crippen molar-refractivity contribution in [3.8, 4) is 11.5 Å². The number of rotatable bonds is 5. The maximum atomic E-state index is 11.8. The summed E-state index contributed by atoms with van der Waals surface area (Å²) < 4.78 is 5.57. The fraction of sp³-hybridized carbons (Fsp3) is 0.0526. The number of hydrogen-bond donors (Lipinski definition) is 2. The maximum absolute atomic E-state index is 11.8. The number of nitrogens with one attached hydrogen (secondary N) is 1. The first kappa shape index (κ1) is 15.6. The first-order valence-corrected chi connectivity index (χ1v) is 7.44. The van der Waals surface area contributed by atoms with E-state index in [4.69, 9.17) is 4.74 Å². The van der Waals surface area contributed by atoms with Crippen LogP contribution in [-0.2, 0) is 4.79 Å². The van der Waals surface area contributed by atoms with E-state index in [1.807, 2.05) is 42.5 Å². The summed E-state index contributed by atoms with van der Waals surface area (Å²) in [6.45, 7) is -0.147. The summed E-state index contributed by atoms with van der Waals surface area (Å²) in [5, 5.41) is 15.4. The summed E-state index contributed by atoms with van der Waals surface area (Å²) in [5.41, 5.74) is 2.89. The lowest BCUT2D eigenvalue weighted by molar-refractivity contribution is -0.123. The van der Waals surface area contributed by atoms with E-state index in [1.54, 1.807) is 24.3 Å². The fourth-order valence-corrected chi connectivity index (χ4v) is 2.27. The average molecular weight is 320 g/mol. The van der Waals surface area contributed by atoms with Gasteiger partial charge in [0.05, 0.1) is 6.21 Å². The van der Waals surface area contributed by atoms with Gasteiger partial charge in [-0.15, -0.1) is 0 Å². The van der Waals surface area contributed by atoms with Crippen LogP contribution in [0.25, 0.3) is 10.8 Å². The molecule has 0 heterocycles. The summed E-state index contributed by atoms with van der Waals surface area (Å²) >= 11 is 0. The number of carbonyl (C=O) groups is 1. The third kappa shape index (κ3) is 3.70. The van der Waals surface area contributed by atoms with Crippen molar-refractivity contribution in [1.29, 1.82) is 0 Å². The Labute approximate surface area is 139 Å². The standard InChI is InChI=1S/C19H16N2O3/c22-17-10-4-2-7-15(17)12-20-21-19(23)13-24-18-11-5-8-14-6-1-3-9-16(14)18/h1-12,22H,13H2,(H,21,23)/b20-12+. The molecule has 0 atom stereocenters. The number of fused-ring (bicyclic) bond motifs is 1. The van der Waals surface area contributed by atoms with Crippen LogP contribution in [0.1, 0.15) is 5.56 Å². The number of hydrazone groups is 1. The van der Waals surface area contributed by atoms with E-state index in [0.29, 0.717) is 11.3 Å². The van der Waals surface area contributed by atoms with Gasteiger partial charge in [-0.1, -0.05) is 48.5 Å². The number of aromatic hydroxyl groups is 1. The second-order valence-electron chi connectivity index (χ2n) is 5.12. The molecule has 0 fully saturated rings. The maximum Gasteiger partial charge on any atom is 0.277 e. The number of carbonyl (C=O) groups excluding carboxylic acids is 1. The van der Waals surface area contributed by atoms with Crippen molar-refractivity contribution >= 4 is 22.9 Å². The van der Waals surface area contributed by atoms with Gasteiger partial charge in [-0.2, -0.15) is 5.10 Å². The Hall–Kier alpha value is -3.34. The van der Waals surface area contributed by atoms with Crippen LogP contribution in [0.3, 0.4) is 0 Å². The number of hydrogen-bond acceptors (Lipinski definition) is 4. The lowest BCUT2D eigenvalue weighted by Crippen LogP contribution is -2.24. The van der Waals surface area contributed by atoms with Gasteiger partial charge in [0.15, 0.2) is 6.61 Å². The molecule has 3 rings (SSSR count). The molecule has 3 aromatic carbocycles. The van der Waals surface area contributed by atoms with Gasteiger partial charge in [-0.05, 0) is 23.6 Å². The zero-order valence-corrected chi connectivity index (χ0v) is 12.8. The Bertz CT molecular complexity index is 885. The van der Waals surface area contributed by atoms with E-state index in [9.17, 15) is 9.90 Å². The van der Waals surface area contributed by atoms with Crippen LogP contribution < -0.4 is 10.2 Å². The number of nitrogens with zero attached hydrogens (tertiary/aromatic N) is 1. The minimum atomic E-state index is -0.380. The molecule has 0 saturated carbocycles. The first-order chi connectivity index (χ1) is 11.7. The lowest BCUT2D eigenvalue weighted by atomic mass is 10.1. The van der Waals surface area contributed by atoms with Crippen molar-refractivity contribution < 1.29 is 14.6 Å². The van der Waals surface area contributed by atoms with Crippen molar-refractivity contribution in [2.45, 2.75) is 0 Å². The molecule has 2 N–H and O–H groups in total. The van der Waals surface area contributed by atoms with Crippen molar-refractivity contribution in [3.63, 3.8) is 0 Å². The number of phenols is 1. The van der Waals surface area contributed by atoms with Crippen LogP contribution in [0, 0.1) is 0 Å². The van der Waals surface area contributed by atoms with Crippen LogP contribution in [-0.4, -0.2) is 23.8 Å². The smallest absolute Gasteiger partial charge is 0.277 e. The Morgan fingerprint density at radius 1 is 1.04 bits per heavy atom. The fourth-order valence-electron chi connectivity index (χ4n) is 2.27. The minimum absolute atomic E-state index is 0.0995. The van der Waals surface area contributed by atoms with Crippen LogP contribution >= 0.6 is 0 Å². The number of amides is 1. The highest BCUT2D eigenvalue weighted by atomic mass is 16.5. The molecular weight excluding hydrogens is 304 g/mol. The zero-order chi connectivity index (χ0) is 16.8. The van der Waals surface area contributed by atoms with Gasteiger partial charge in [-0.25, -0.2) is 5.43 Å². The second-order valence-corrected chi connectivity index (χ2v) is 5.12. The molecule has 120 valence electrons. The average Bonchev–Trinajstić information content (AvgIpc) is 2.61. The van der Waals surface area contributed by atoms with E-state index < -0.39 is 0 Å². The topological polar surface area (TPSA) is 70.9 Å². The Kier molecular flexibility index (Phi) is 4.72. The molecule has 0 spiro atoms. The van der Waals surface area contributed by atoms with Crippen molar-refractivity contribution in [2.75, 3.05) is 6.61 Å². The number of para-hydroxylation sites is 1. The third-order valence-electron chi connectivity index (χ3n) is 3.44. The predicted octanol–water partition coefficient (Wildman–Crippen LogP) is 3.07. The second kappa shape index (κ2) is 7.28. The quantitative estimate of drug-likeness (QED) is 0.560. The highest BCUT2D eigenvalue weighted by molar-refractivity contribution is 5.89. The van der Waals surface area contributed by atoms with E-state index in [1.165, 1.54) is 6.21 Å². The van der Waals surface area contributed by atoms with Crippen molar-refractivity contribution in [2.24, 2.45) is 5.10 Å². The summed E-state index contributed by atoms with van der Waals surface area (Å²) in [4.78, 5) is 11.8. The van der Waals surface area contributed by atoms with Crippen LogP contribution in [0.5, 0.6) is 11.5 Å². The van der Waals surface area contributed by atoms with E-state index in [2.05, 4.69) is 10.5 Å². The highest BCUT2D eigenvalue weighted by Crippen LogP contribution is 2.24. The molecule has 0 radical (unpaired) electrons. The van der Waals surface area contributed by atoms with Gasteiger partial charge >= 0.3 is 0 Å². The van der Waals surface area contributed by atoms with E-state index in [-0.39, 0.29) is 18.3 Å². The Balaban J connectivity index is 1.58. The molecule has 0 saturated heterocycles. The van der Waals surface area contributed by atoms with E-state index in [0.717, 1.165) is 10.8 Å². The number of phenolic OH excluding ortho intramolecular Hbond substituents is 1. The summed E-state index contributed by atoms with van der Waals surface area (Å²) in [6.07, 6.45) is 1.38. The van der Waals surface area contributed by atoms with Gasteiger partial charge in [0, 0.05) is 10.9 Å². The Morgan fingerprint density at radius 3 is 2.67 bits per heavy atom. The van der Waals surface area contributed by atoms with Crippen LogP contribution in [0.2, 0.25) is 0 Å². The molecule has 24 heavy (non-hydrogen) atoms. The van der Waals surface area contributed by atoms with E-state index >= 15 is 0 Å². The minimum Gasteiger partial charge on any atom is -0.507 e. The van der Waals surface area contributed by atoms with Gasteiger partial charge < -0.3 is 9.84 Å².